The molecule has 122 valence electrons. The second kappa shape index (κ2) is 6.29. The van der Waals surface area contributed by atoms with E-state index in [4.69, 9.17) is 9.72 Å². The number of methoxy groups -OCH3 is 1. The molecule has 0 amide bonds. The van der Waals surface area contributed by atoms with E-state index in [9.17, 15) is 5.11 Å². The molecule has 0 fully saturated rings. The van der Waals surface area contributed by atoms with Crippen LogP contribution in [0.3, 0.4) is 0 Å². The minimum atomic E-state index is 0.190. The molecule has 3 heteroatoms. The first-order valence-corrected chi connectivity index (χ1v) is 8.09. The number of aromatic nitrogens is 1. The number of ether oxygens (including phenoxy) is 1. The Morgan fingerprint density at radius 2 is 1.44 bits per heavy atom. The summed E-state index contributed by atoms with van der Waals surface area (Å²) in [5.41, 5.74) is 4.04. The van der Waals surface area contributed by atoms with E-state index in [0.717, 1.165) is 33.3 Å². The second-order valence-corrected chi connectivity index (χ2v) is 5.80. The fourth-order valence-corrected chi connectivity index (χ4v) is 3.05. The molecule has 0 unspecified atom stereocenters. The van der Waals surface area contributed by atoms with Gasteiger partial charge < -0.3 is 9.84 Å². The van der Waals surface area contributed by atoms with Crippen LogP contribution in [0.5, 0.6) is 11.5 Å². The molecule has 0 bridgehead atoms. The van der Waals surface area contributed by atoms with Gasteiger partial charge in [0.25, 0.3) is 0 Å². The SMILES string of the molecule is COc1ccc(-c2c(O)c(-c3ccccc3)nc3ccccc23)cc1. The molecule has 0 radical (unpaired) electrons. The molecule has 1 heterocycles. The first kappa shape index (κ1) is 15.2. The first-order chi connectivity index (χ1) is 12.3. The maximum Gasteiger partial charge on any atom is 0.150 e. The van der Waals surface area contributed by atoms with Crippen molar-refractivity contribution in [3.8, 4) is 33.9 Å². The molecular formula is C22H17NO2. The van der Waals surface area contributed by atoms with E-state index in [1.807, 2.05) is 78.9 Å². The fraction of sp³-hybridized carbons (Fsp3) is 0.0455. The van der Waals surface area contributed by atoms with Gasteiger partial charge in [-0.2, -0.15) is 0 Å². The Morgan fingerprint density at radius 1 is 0.760 bits per heavy atom. The maximum atomic E-state index is 11.0. The molecule has 1 N–H and O–H groups in total. The normalized spacial score (nSPS) is 10.8. The van der Waals surface area contributed by atoms with Crippen molar-refractivity contribution >= 4 is 10.9 Å². The molecule has 0 spiro atoms. The third-order valence-electron chi connectivity index (χ3n) is 4.29. The molecule has 1 aromatic heterocycles. The lowest BCUT2D eigenvalue weighted by atomic mass is 9.97. The quantitative estimate of drug-likeness (QED) is 0.556. The topological polar surface area (TPSA) is 42.4 Å². The minimum absolute atomic E-state index is 0.190. The van der Waals surface area contributed by atoms with Crippen molar-refractivity contribution in [2.45, 2.75) is 0 Å². The molecule has 0 saturated carbocycles. The molecule has 4 aromatic rings. The summed E-state index contributed by atoms with van der Waals surface area (Å²) >= 11 is 0. The molecule has 0 aliphatic rings. The minimum Gasteiger partial charge on any atom is -0.505 e. The molecule has 25 heavy (non-hydrogen) atoms. The van der Waals surface area contributed by atoms with E-state index in [-0.39, 0.29) is 5.75 Å². The highest BCUT2D eigenvalue weighted by molar-refractivity contribution is 6.01. The number of aromatic hydroxyl groups is 1. The Hall–Kier alpha value is -3.33. The van der Waals surface area contributed by atoms with Crippen LogP contribution in [0.4, 0.5) is 0 Å². The van der Waals surface area contributed by atoms with Gasteiger partial charge in [-0.05, 0) is 23.8 Å². The van der Waals surface area contributed by atoms with Crippen LogP contribution in [0.25, 0.3) is 33.3 Å². The van der Waals surface area contributed by atoms with Crippen molar-refractivity contribution in [1.29, 1.82) is 0 Å². The Labute approximate surface area is 146 Å². The fourth-order valence-electron chi connectivity index (χ4n) is 3.05. The zero-order chi connectivity index (χ0) is 17.2. The van der Waals surface area contributed by atoms with E-state index < -0.39 is 0 Å². The standard InChI is InChI=1S/C22H17NO2/c1-25-17-13-11-15(12-14-17)20-18-9-5-6-10-19(18)23-21(22(20)24)16-7-3-2-4-8-16/h2-14,24H,1H3. The van der Waals surface area contributed by atoms with Gasteiger partial charge in [-0.25, -0.2) is 4.98 Å². The molecule has 0 aliphatic heterocycles. The highest BCUT2D eigenvalue weighted by Crippen LogP contribution is 2.41. The Morgan fingerprint density at radius 3 is 2.16 bits per heavy atom. The Kier molecular flexibility index (Phi) is 3.82. The summed E-state index contributed by atoms with van der Waals surface area (Å²) < 4.78 is 5.24. The highest BCUT2D eigenvalue weighted by atomic mass is 16.5. The summed E-state index contributed by atoms with van der Waals surface area (Å²) in [6.45, 7) is 0. The van der Waals surface area contributed by atoms with Crippen LogP contribution < -0.4 is 4.74 Å². The summed E-state index contributed by atoms with van der Waals surface area (Å²) in [7, 11) is 1.64. The van der Waals surface area contributed by atoms with Crippen molar-refractivity contribution in [3.63, 3.8) is 0 Å². The predicted octanol–water partition coefficient (Wildman–Crippen LogP) is 5.28. The van der Waals surface area contributed by atoms with E-state index in [1.54, 1.807) is 7.11 Å². The molecule has 3 nitrogen and oxygen atoms in total. The van der Waals surface area contributed by atoms with Gasteiger partial charge in [0.15, 0.2) is 0 Å². The average molecular weight is 327 g/mol. The van der Waals surface area contributed by atoms with E-state index in [1.165, 1.54) is 0 Å². The van der Waals surface area contributed by atoms with Gasteiger partial charge >= 0.3 is 0 Å². The van der Waals surface area contributed by atoms with Crippen LogP contribution in [-0.4, -0.2) is 17.2 Å². The van der Waals surface area contributed by atoms with Crippen molar-refractivity contribution < 1.29 is 9.84 Å². The lowest BCUT2D eigenvalue weighted by Crippen LogP contribution is -1.92. The Balaban J connectivity index is 2.02. The van der Waals surface area contributed by atoms with E-state index >= 15 is 0 Å². The first-order valence-electron chi connectivity index (χ1n) is 8.09. The summed E-state index contributed by atoms with van der Waals surface area (Å²) in [4.78, 5) is 4.69. The summed E-state index contributed by atoms with van der Waals surface area (Å²) in [6.07, 6.45) is 0. The molecular weight excluding hydrogens is 310 g/mol. The van der Waals surface area contributed by atoms with Crippen LogP contribution >= 0.6 is 0 Å². The van der Waals surface area contributed by atoms with Gasteiger partial charge in [0.2, 0.25) is 0 Å². The molecule has 0 atom stereocenters. The van der Waals surface area contributed by atoms with Gasteiger partial charge in [0.05, 0.1) is 12.6 Å². The van der Waals surface area contributed by atoms with Crippen molar-refractivity contribution in [2.75, 3.05) is 7.11 Å². The van der Waals surface area contributed by atoms with Gasteiger partial charge in [0.1, 0.15) is 17.2 Å². The number of fused-ring (bicyclic) bond motifs is 1. The summed E-state index contributed by atoms with van der Waals surface area (Å²) in [6, 6.07) is 25.3. The number of para-hydroxylation sites is 1. The van der Waals surface area contributed by atoms with Gasteiger partial charge in [-0.15, -0.1) is 0 Å². The Bertz CT molecular complexity index is 1030. The maximum absolute atomic E-state index is 11.0. The number of hydrogen-bond donors (Lipinski definition) is 1. The van der Waals surface area contributed by atoms with Crippen LogP contribution in [-0.2, 0) is 0 Å². The number of hydrogen-bond acceptors (Lipinski definition) is 3. The van der Waals surface area contributed by atoms with E-state index in [0.29, 0.717) is 5.69 Å². The zero-order valence-corrected chi connectivity index (χ0v) is 13.8. The summed E-state index contributed by atoms with van der Waals surface area (Å²) in [5, 5.41) is 11.9. The molecule has 4 rings (SSSR count). The number of nitrogens with zero attached hydrogens (tertiary/aromatic N) is 1. The third kappa shape index (κ3) is 2.70. The van der Waals surface area contributed by atoms with E-state index in [2.05, 4.69) is 0 Å². The molecule has 0 aliphatic carbocycles. The van der Waals surface area contributed by atoms with Crippen molar-refractivity contribution in [3.05, 3.63) is 78.9 Å². The lowest BCUT2D eigenvalue weighted by molar-refractivity contribution is 0.415. The van der Waals surface area contributed by atoms with Crippen LogP contribution in [0.1, 0.15) is 0 Å². The average Bonchev–Trinajstić information content (AvgIpc) is 2.68. The number of rotatable bonds is 3. The second-order valence-electron chi connectivity index (χ2n) is 5.80. The predicted molar refractivity (Wildman–Crippen MR) is 101 cm³/mol. The monoisotopic (exact) mass is 327 g/mol. The summed E-state index contributed by atoms with van der Waals surface area (Å²) in [5.74, 6) is 0.972. The molecule has 0 saturated heterocycles. The van der Waals surface area contributed by atoms with Gasteiger partial charge in [0, 0.05) is 16.5 Å². The largest absolute Gasteiger partial charge is 0.505 e. The van der Waals surface area contributed by atoms with Gasteiger partial charge in [-0.3, -0.25) is 0 Å². The number of benzene rings is 3. The van der Waals surface area contributed by atoms with Crippen molar-refractivity contribution in [1.82, 2.24) is 4.98 Å². The molecule has 3 aromatic carbocycles. The van der Waals surface area contributed by atoms with Crippen molar-refractivity contribution in [2.24, 2.45) is 0 Å². The lowest BCUT2D eigenvalue weighted by Gasteiger charge is -2.14. The smallest absolute Gasteiger partial charge is 0.150 e. The van der Waals surface area contributed by atoms with Crippen LogP contribution in [0, 0.1) is 0 Å². The third-order valence-corrected chi connectivity index (χ3v) is 4.29. The highest BCUT2D eigenvalue weighted by Gasteiger charge is 2.17. The zero-order valence-electron chi connectivity index (χ0n) is 13.8. The van der Waals surface area contributed by atoms with Crippen LogP contribution in [0.2, 0.25) is 0 Å². The van der Waals surface area contributed by atoms with Crippen LogP contribution in [0.15, 0.2) is 78.9 Å². The number of pyridine rings is 1. The van der Waals surface area contributed by atoms with Gasteiger partial charge in [-0.1, -0.05) is 60.7 Å².